The number of piperidine rings is 1. The van der Waals surface area contributed by atoms with Crippen molar-refractivity contribution in [3.05, 3.63) is 18.2 Å². The molecule has 0 bridgehead atoms. The summed E-state index contributed by atoms with van der Waals surface area (Å²) in [5.74, 6) is -0.192. The molecule has 1 amide bonds. The van der Waals surface area contributed by atoms with Crippen LogP contribution in [0.15, 0.2) is 23.1 Å². The number of nitrogens with zero attached hydrogens (tertiary/aromatic N) is 2. The van der Waals surface area contributed by atoms with Crippen LogP contribution in [0.3, 0.4) is 0 Å². The first kappa shape index (κ1) is 17.8. The molecule has 4 rings (SSSR count). The summed E-state index contributed by atoms with van der Waals surface area (Å²) < 4.78 is 33.3. The molecule has 2 aliphatic rings. The number of aromatic nitrogens is 1. The summed E-state index contributed by atoms with van der Waals surface area (Å²) >= 11 is 1.28. The van der Waals surface area contributed by atoms with E-state index in [0.717, 1.165) is 36.8 Å². The molecule has 2 aliphatic heterocycles. The number of thiazole rings is 1. The maximum atomic E-state index is 12.8. The number of carbonyl (C=O) groups excluding carboxylic acids is 1. The van der Waals surface area contributed by atoms with Crippen molar-refractivity contribution in [2.45, 2.75) is 43.1 Å². The van der Waals surface area contributed by atoms with Crippen molar-refractivity contribution < 1.29 is 17.9 Å². The molecule has 0 spiro atoms. The predicted octanol–water partition coefficient (Wildman–Crippen LogP) is 2.59. The molecule has 7 nitrogen and oxygen atoms in total. The van der Waals surface area contributed by atoms with Crippen molar-refractivity contribution in [1.29, 1.82) is 0 Å². The van der Waals surface area contributed by atoms with Gasteiger partial charge in [0.15, 0.2) is 5.13 Å². The largest absolute Gasteiger partial charge is 0.368 e. The molecule has 1 aromatic heterocycles. The second-order valence-electron chi connectivity index (χ2n) is 6.60. The van der Waals surface area contributed by atoms with Gasteiger partial charge in [0.2, 0.25) is 10.0 Å². The lowest BCUT2D eigenvalue weighted by Crippen LogP contribution is -2.35. The normalized spacial score (nSPS) is 21.9. The molecule has 2 aromatic rings. The average Bonchev–Trinajstić information content (AvgIpc) is 3.31. The third kappa shape index (κ3) is 3.48. The zero-order valence-corrected chi connectivity index (χ0v) is 15.9. The number of hydrogen-bond acceptors (Lipinski definition) is 6. The fraction of sp³-hybridized carbons (Fsp3) is 0.529. The van der Waals surface area contributed by atoms with Crippen LogP contribution in [0.4, 0.5) is 5.13 Å². The lowest BCUT2D eigenvalue weighted by Gasteiger charge is -2.25. The molecule has 1 aromatic carbocycles. The summed E-state index contributed by atoms with van der Waals surface area (Å²) in [5.41, 5.74) is 0.676. The highest BCUT2D eigenvalue weighted by Gasteiger charge is 2.27. The molecule has 1 N–H and O–H groups in total. The molecule has 0 aliphatic carbocycles. The van der Waals surface area contributed by atoms with Crippen LogP contribution in [0.25, 0.3) is 10.2 Å². The first-order chi connectivity index (χ1) is 12.5. The number of anilines is 1. The number of carbonyl (C=O) groups is 1. The summed E-state index contributed by atoms with van der Waals surface area (Å²) in [5, 5.41) is 3.24. The highest BCUT2D eigenvalue weighted by atomic mass is 32.2. The van der Waals surface area contributed by atoms with E-state index >= 15 is 0 Å². The fourth-order valence-corrected chi connectivity index (χ4v) is 5.87. The number of ether oxygens (including phenoxy) is 1. The van der Waals surface area contributed by atoms with Crippen LogP contribution in [0, 0.1) is 0 Å². The van der Waals surface area contributed by atoms with E-state index in [4.69, 9.17) is 4.74 Å². The van der Waals surface area contributed by atoms with Crippen molar-refractivity contribution in [2.24, 2.45) is 0 Å². The minimum Gasteiger partial charge on any atom is -0.368 e. The van der Waals surface area contributed by atoms with Crippen molar-refractivity contribution in [3.8, 4) is 0 Å². The first-order valence-corrected chi connectivity index (χ1v) is 11.1. The maximum Gasteiger partial charge on any atom is 0.255 e. The summed E-state index contributed by atoms with van der Waals surface area (Å²) in [7, 11) is -3.48. The van der Waals surface area contributed by atoms with E-state index in [1.54, 1.807) is 22.5 Å². The molecular weight excluding hydrogens is 374 g/mol. The van der Waals surface area contributed by atoms with Gasteiger partial charge in [-0.2, -0.15) is 4.31 Å². The number of rotatable bonds is 4. The topological polar surface area (TPSA) is 88.6 Å². The van der Waals surface area contributed by atoms with E-state index in [9.17, 15) is 13.2 Å². The zero-order chi connectivity index (χ0) is 18.1. The lowest BCUT2D eigenvalue weighted by atomic mass is 10.2. The highest BCUT2D eigenvalue weighted by Crippen LogP contribution is 2.30. The second kappa shape index (κ2) is 7.22. The monoisotopic (exact) mass is 395 g/mol. The van der Waals surface area contributed by atoms with Crippen LogP contribution in [0.2, 0.25) is 0 Å². The van der Waals surface area contributed by atoms with Crippen molar-refractivity contribution >= 4 is 42.6 Å². The minimum absolute atomic E-state index is 0.192. The summed E-state index contributed by atoms with van der Waals surface area (Å²) in [6.07, 6.45) is 4.07. The summed E-state index contributed by atoms with van der Waals surface area (Å²) in [6.45, 7) is 1.76. The zero-order valence-electron chi connectivity index (χ0n) is 14.3. The van der Waals surface area contributed by atoms with Gasteiger partial charge in [-0.25, -0.2) is 13.4 Å². The quantitative estimate of drug-likeness (QED) is 0.860. The Morgan fingerprint density at radius 3 is 2.77 bits per heavy atom. The Hall–Kier alpha value is -1.55. The van der Waals surface area contributed by atoms with Crippen LogP contribution in [-0.4, -0.2) is 49.4 Å². The van der Waals surface area contributed by atoms with Gasteiger partial charge in [0, 0.05) is 19.7 Å². The number of hydrogen-bond donors (Lipinski definition) is 1. The van der Waals surface area contributed by atoms with E-state index in [0.29, 0.717) is 30.3 Å². The van der Waals surface area contributed by atoms with Crippen molar-refractivity contribution in [1.82, 2.24) is 9.29 Å². The third-order valence-electron chi connectivity index (χ3n) is 4.76. The van der Waals surface area contributed by atoms with Crippen molar-refractivity contribution in [3.63, 3.8) is 0 Å². The van der Waals surface area contributed by atoms with Gasteiger partial charge in [-0.3, -0.25) is 10.1 Å². The molecular formula is C17H21N3O4S2. The van der Waals surface area contributed by atoms with Crippen LogP contribution < -0.4 is 5.32 Å². The molecule has 0 saturated carbocycles. The van der Waals surface area contributed by atoms with Crippen LogP contribution in [0.1, 0.15) is 32.1 Å². The molecule has 2 fully saturated rings. The van der Waals surface area contributed by atoms with E-state index in [1.807, 2.05) is 0 Å². The second-order valence-corrected chi connectivity index (χ2v) is 9.57. The molecule has 3 heterocycles. The van der Waals surface area contributed by atoms with Gasteiger partial charge in [0.25, 0.3) is 5.91 Å². The third-order valence-corrected chi connectivity index (χ3v) is 7.59. The molecule has 0 unspecified atom stereocenters. The highest BCUT2D eigenvalue weighted by molar-refractivity contribution is 7.89. The minimum atomic E-state index is -3.48. The summed E-state index contributed by atoms with van der Waals surface area (Å²) in [4.78, 5) is 16.8. The Labute approximate surface area is 156 Å². The van der Waals surface area contributed by atoms with E-state index in [2.05, 4.69) is 10.3 Å². The number of sulfonamides is 1. The van der Waals surface area contributed by atoms with Crippen LogP contribution >= 0.6 is 11.3 Å². The number of fused-ring (bicyclic) bond motifs is 1. The standard InChI is InChI=1S/C17H21N3O4S2/c21-16(14-5-4-10-24-14)19-17-18-13-7-6-12(11-15(13)25-17)26(22,23)20-8-2-1-3-9-20/h6-7,11,14H,1-5,8-10H2,(H,18,19,21)/t14-/m0/s1. The fourth-order valence-electron chi connectivity index (χ4n) is 3.34. The van der Waals surface area contributed by atoms with Gasteiger partial charge >= 0.3 is 0 Å². The Morgan fingerprint density at radius 1 is 1.23 bits per heavy atom. The van der Waals surface area contributed by atoms with Gasteiger partial charge in [0.1, 0.15) is 6.10 Å². The van der Waals surface area contributed by atoms with E-state index in [-0.39, 0.29) is 10.8 Å². The van der Waals surface area contributed by atoms with E-state index < -0.39 is 16.1 Å². The SMILES string of the molecule is O=C(Nc1nc2ccc(S(=O)(=O)N3CCCCC3)cc2s1)[C@@H]1CCCO1. The summed E-state index contributed by atoms with van der Waals surface area (Å²) in [6, 6.07) is 4.95. The smallest absolute Gasteiger partial charge is 0.255 e. The van der Waals surface area contributed by atoms with Crippen LogP contribution in [0.5, 0.6) is 0 Å². The molecule has 140 valence electrons. The molecule has 1 atom stereocenters. The Kier molecular flexibility index (Phi) is 4.96. The van der Waals surface area contributed by atoms with Gasteiger partial charge in [-0.1, -0.05) is 17.8 Å². The molecule has 0 radical (unpaired) electrons. The first-order valence-electron chi connectivity index (χ1n) is 8.87. The van der Waals surface area contributed by atoms with Gasteiger partial charge < -0.3 is 4.74 Å². The predicted molar refractivity (Wildman–Crippen MR) is 99.8 cm³/mol. The molecule has 9 heteroatoms. The van der Waals surface area contributed by atoms with Crippen molar-refractivity contribution in [2.75, 3.05) is 25.0 Å². The Balaban J connectivity index is 1.56. The Bertz CT molecular complexity index is 913. The molecule has 2 saturated heterocycles. The number of amides is 1. The molecule has 26 heavy (non-hydrogen) atoms. The number of nitrogens with one attached hydrogen (secondary N) is 1. The maximum absolute atomic E-state index is 12.8. The lowest BCUT2D eigenvalue weighted by molar-refractivity contribution is -0.124. The van der Waals surface area contributed by atoms with Gasteiger partial charge in [0.05, 0.1) is 15.1 Å². The number of benzene rings is 1. The van der Waals surface area contributed by atoms with E-state index in [1.165, 1.54) is 11.3 Å². The Morgan fingerprint density at radius 2 is 2.04 bits per heavy atom. The van der Waals surface area contributed by atoms with Gasteiger partial charge in [-0.05, 0) is 43.9 Å². The van der Waals surface area contributed by atoms with Crippen LogP contribution in [-0.2, 0) is 19.6 Å². The van der Waals surface area contributed by atoms with Gasteiger partial charge in [-0.15, -0.1) is 0 Å². The average molecular weight is 396 g/mol.